The molecule has 2 heterocycles. The first-order valence-electron chi connectivity index (χ1n) is 8.89. The van der Waals surface area contributed by atoms with Gasteiger partial charge in [0.2, 0.25) is 11.8 Å². The van der Waals surface area contributed by atoms with Gasteiger partial charge in [-0.2, -0.15) is 9.69 Å². The summed E-state index contributed by atoms with van der Waals surface area (Å²) >= 11 is 0. The Balaban J connectivity index is 1.98. The molecule has 2 N–H and O–H groups in total. The lowest BCUT2D eigenvalue weighted by Gasteiger charge is -2.25. The summed E-state index contributed by atoms with van der Waals surface area (Å²) < 4.78 is 8.12. The van der Waals surface area contributed by atoms with Crippen LogP contribution in [0.1, 0.15) is 31.2 Å². The van der Waals surface area contributed by atoms with Gasteiger partial charge < -0.3 is 10.5 Å². The molecular weight excluding hydrogens is 336 g/mol. The number of carbonyl (C=O) groups excluding carboxylic acids is 2. The predicted molar refractivity (Wildman–Crippen MR) is 97.5 cm³/mol. The van der Waals surface area contributed by atoms with Gasteiger partial charge in [-0.15, -0.1) is 0 Å². The molecule has 1 aromatic carbocycles. The first-order chi connectivity index (χ1) is 12.6. The van der Waals surface area contributed by atoms with E-state index < -0.39 is 5.69 Å². The Kier molecular flexibility index (Phi) is 5.53. The zero-order chi connectivity index (χ0) is 18.7. The van der Waals surface area contributed by atoms with Crippen molar-refractivity contribution >= 4 is 22.8 Å². The predicted octanol–water partition coefficient (Wildman–Crippen LogP) is 0.423. The van der Waals surface area contributed by atoms with Crippen LogP contribution in [0.4, 0.5) is 0 Å². The highest BCUT2D eigenvalue weighted by Crippen LogP contribution is 2.21. The fourth-order valence-corrected chi connectivity index (χ4v) is 3.39. The summed E-state index contributed by atoms with van der Waals surface area (Å²) in [5, 5.41) is 1.00. The summed E-state index contributed by atoms with van der Waals surface area (Å²) in [6.45, 7) is 1.61. The molecule has 2 amide bonds. The summed E-state index contributed by atoms with van der Waals surface area (Å²) in [6, 6.07) is 5.56. The molecule has 1 aliphatic rings. The molecule has 0 saturated carbocycles. The summed E-state index contributed by atoms with van der Waals surface area (Å²) in [5.74, 6) is -0.673. The SMILES string of the molecule is Cn1c(=O)n(N2C(=O)CCCC2=O)c2cccc(CCCOCCN)c21. The van der Waals surface area contributed by atoms with E-state index in [2.05, 4.69) is 0 Å². The van der Waals surface area contributed by atoms with E-state index in [-0.39, 0.29) is 24.7 Å². The number of rotatable bonds is 7. The van der Waals surface area contributed by atoms with Crippen LogP contribution in [0.3, 0.4) is 0 Å². The highest BCUT2D eigenvalue weighted by molar-refractivity contribution is 6.11. The van der Waals surface area contributed by atoms with E-state index >= 15 is 0 Å². The third-order valence-corrected chi connectivity index (χ3v) is 4.58. The second kappa shape index (κ2) is 7.84. The fourth-order valence-electron chi connectivity index (χ4n) is 3.39. The number of hydrogen-bond acceptors (Lipinski definition) is 5. The molecule has 1 aliphatic heterocycles. The van der Waals surface area contributed by atoms with Gasteiger partial charge in [0.05, 0.1) is 17.6 Å². The standard InChI is InChI=1S/C18H24N4O4/c1-20-17-13(6-4-11-26-12-10-19)5-2-7-14(17)21(18(20)25)22-15(23)8-3-9-16(22)24/h2,5,7H,3-4,6,8-12,19H2,1H3. The van der Waals surface area contributed by atoms with Gasteiger partial charge in [-0.25, -0.2) is 4.79 Å². The van der Waals surface area contributed by atoms with Crippen LogP contribution in [0.5, 0.6) is 0 Å². The van der Waals surface area contributed by atoms with E-state index in [4.69, 9.17) is 10.5 Å². The number of ether oxygens (including phenoxy) is 1. The van der Waals surface area contributed by atoms with Crippen LogP contribution in [0, 0.1) is 0 Å². The third kappa shape index (κ3) is 3.30. The van der Waals surface area contributed by atoms with Crippen molar-refractivity contribution in [3.05, 3.63) is 34.2 Å². The van der Waals surface area contributed by atoms with Crippen molar-refractivity contribution in [1.29, 1.82) is 0 Å². The number of aromatic nitrogens is 2. The number of amides is 2. The number of benzene rings is 1. The molecule has 26 heavy (non-hydrogen) atoms. The molecule has 1 fully saturated rings. The molecule has 3 rings (SSSR count). The number of nitrogens with two attached hydrogens (primary N) is 1. The maximum atomic E-state index is 12.8. The molecule has 0 bridgehead atoms. The molecule has 8 heteroatoms. The topological polar surface area (TPSA) is 99.6 Å². The van der Waals surface area contributed by atoms with Crippen molar-refractivity contribution in [1.82, 2.24) is 9.24 Å². The second-order valence-electron chi connectivity index (χ2n) is 6.40. The normalized spacial score (nSPS) is 15.2. The number of hydrogen-bond donors (Lipinski definition) is 1. The smallest absolute Gasteiger partial charge is 0.348 e. The summed E-state index contributed by atoms with van der Waals surface area (Å²) in [7, 11) is 1.66. The second-order valence-corrected chi connectivity index (χ2v) is 6.40. The molecule has 0 spiro atoms. The lowest BCUT2D eigenvalue weighted by atomic mass is 10.1. The fraction of sp³-hybridized carbons (Fsp3) is 0.500. The van der Waals surface area contributed by atoms with Crippen LogP contribution in [0.2, 0.25) is 0 Å². The van der Waals surface area contributed by atoms with Crippen molar-refractivity contribution in [2.75, 3.05) is 24.8 Å². The van der Waals surface area contributed by atoms with Crippen molar-refractivity contribution in [2.45, 2.75) is 32.1 Å². The van der Waals surface area contributed by atoms with Gasteiger partial charge in [0.25, 0.3) is 0 Å². The Morgan fingerprint density at radius 2 is 1.85 bits per heavy atom. The lowest BCUT2D eigenvalue weighted by Crippen LogP contribution is -2.52. The first-order valence-corrected chi connectivity index (χ1v) is 8.89. The summed E-state index contributed by atoms with van der Waals surface area (Å²) in [5.41, 5.74) is 7.30. The first kappa shape index (κ1) is 18.3. The van der Waals surface area contributed by atoms with Crippen molar-refractivity contribution in [2.24, 2.45) is 12.8 Å². The molecule has 1 saturated heterocycles. The minimum Gasteiger partial charge on any atom is -0.380 e. The molecule has 1 aromatic heterocycles. The molecule has 2 aromatic rings. The van der Waals surface area contributed by atoms with E-state index in [1.54, 1.807) is 13.1 Å². The molecule has 140 valence electrons. The van der Waals surface area contributed by atoms with Crippen LogP contribution in [0.15, 0.2) is 23.0 Å². The van der Waals surface area contributed by atoms with E-state index in [1.807, 2.05) is 12.1 Å². The van der Waals surface area contributed by atoms with Crippen LogP contribution in [-0.2, 0) is 27.8 Å². The molecule has 8 nitrogen and oxygen atoms in total. The van der Waals surface area contributed by atoms with Gasteiger partial charge in [0.15, 0.2) is 0 Å². The zero-order valence-electron chi connectivity index (χ0n) is 14.9. The molecular formula is C18H24N4O4. The third-order valence-electron chi connectivity index (χ3n) is 4.58. The van der Waals surface area contributed by atoms with E-state index in [0.29, 0.717) is 31.7 Å². The minimum atomic E-state index is -0.393. The van der Waals surface area contributed by atoms with E-state index in [9.17, 15) is 14.4 Å². The van der Waals surface area contributed by atoms with Gasteiger partial charge in [0.1, 0.15) is 0 Å². The number of fused-ring (bicyclic) bond motifs is 1. The van der Waals surface area contributed by atoms with Crippen molar-refractivity contribution in [3.8, 4) is 0 Å². The molecule has 0 unspecified atom stereocenters. The average Bonchev–Trinajstić information content (AvgIpc) is 2.87. The maximum absolute atomic E-state index is 12.8. The van der Waals surface area contributed by atoms with Crippen LogP contribution in [0.25, 0.3) is 11.0 Å². The average molecular weight is 360 g/mol. The Morgan fingerprint density at radius 1 is 1.12 bits per heavy atom. The number of para-hydroxylation sites is 1. The number of nitrogens with zero attached hydrogens (tertiary/aromatic N) is 3. The number of piperidine rings is 1. The van der Waals surface area contributed by atoms with E-state index in [1.165, 1.54) is 9.24 Å². The Bertz CT molecular complexity index is 867. The Labute approximate surface area is 151 Å². The molecule has 0 aliphatic carbocycles. The van der Waals surface area contributed by atoms with Crippen molar-refractivity contribution in [3.63, 3.8) is 0 Å². The number of aryl methyl sites for hydroxylation is 2. The van der Waals surface area contributed by atoms with E-state index in [0.717, 1.165) is 28.9 Å². The summed E-state index contributed by atoms with van der Waals surface area (Å²) in [6.07, 6.45) is 2.59. The highest BCUT2D eigenvalue weighted by atomic mass is 16.5. The molecule has 0 atom stereocenters. The monoisotopic (exact) mass is 360 g/mol. The van der Waals surface area contributed by atoms with Crippen LogP contribution in [-0.4, -0.2) is 40.8 Å². The minimum absolute atomic E-state index is 0.271. The van der Waals surface area contributed by atoms with Gasteiger partial charge in [-0.3, -0.25) is 14.2 Å². The van der Waals surface area contributed by atoms with Crippen LogP contribution < -0.4 is 16.4 Å². The van der Waals surface area contributed by atoms with Gasteiger partial charge >= 0.3 is 5.69 Å². The van der Waals surface area contributed by atoms with Gasteiger partial charge in [-0.05, 0) is 30.9 Å². The van der Waals surface area contributed by atoms with Crippen LogP contribution >= 0.6 is 0 Å². The zero-order valence-corrected chi connectivity index (χ0v) is 14.9. The highest BCUT2D eigenvalue weighted by Gasteiger charge is 2.31. The van der Waals surface area contributed by atoms with Gasteiger partial charge in [0, 0.05) is 33.0 Å². The summed E-state index contributed by atoms with van der Waals surface area (Å²) in [4.78, 5) is 37.3. The number of imide groups is 1. The maximum Gasteiger partial charge on any atom is 0.348 e. The van der Waals surface area contributed by atoms with Gasteiger partial charge in [-0.1, -0.05) is 12.1 Å². The lowest BCUT2D eigenvalue weighted by molar-refractivity contribution is -0.131. The van der Waals surface area contributed by atoms with Crippen molar-refractivity contribution < 1.29 is 14.3 Å². The number of imidazole rings is 1. The quantitative estimate of drug-likeness (QED) is 0.570. The Hall–Kier alpha value is -2.45. The number of carbonyl (C=O) groups is 2. The Morgan fingerprint density at radius 3 is 2.54 bits per heavy atom. The largest absolute Gasteiger partial charge is 0.380 e. The molecule has 0 radical (unpaired) electrons.